The number of nitro groups is 2. The molecule has 34 nitrogen and oxygen atoms in total. The van der Waals surface area contributed by atoms with Crippen LogP contribution in [0, 0.1) is 26.0 Å². The molecule has 0 saturated carbocycles. The number of nitrogen functional groups attached to an aromatic ring is 1. The van der Waals surface area contributed by atoms with Crippen LogP contribution >= 0.6 is 11.6 Å². The number of hydrogen-bond acceptors (Lipinski definition) is 31. The Kier molecular flexibility index (Phi) is 32.2. The molecule has 36 heteroatoms. The van der Waals surface area contributed by atoms with Crippen molar-refractivity contribution in [2.75, 3.05) is 237 Å². The second kappa shape index (κ2) is 52.4. The summed E-state index contributed by atoms with van der Waals surface area (Å²) >= 11 is 4.71. The lowest BCUT2D eigenvalue weighted by Crippen LogP contribution is -2.29. The van der Waals surface area contributed by atoms with Gasteiger partial charge < -0.3 is 89.2 Å². The zero-order chi connectivity index (χ0) is 115. The number of nitro benzene ring substituents is 2. The third-order valence-electron chi connectivity index (χ3n) is 23.5. The van der Waals surface area contributed by atoms with E-state index in [1.165, 1.54) is 82.1 Å². The van der Waals surface area contributed by atoms with Crippen LogP contribution in [-0.4, -0.2) is 272 Å². The highest BCUT2D eigenvalue weighted by Crippen LogP contribution is 2.43. The molecule has 4 aromatic heterocycles. The number of aromatic nitrogens is 8. The van der Waals surface area contributed by atoms with Gasteiger partial charge in [-0.05, 0) is 195 Å². The molecule has 0 fully saturated rings. The van der Waals surface area contributed by atoms with Crippen molar-refractivity contribution in [3.63, 3.8) is 0 Å². The number of hydrogen-bond donors (Lipinski definition) is 3. The van der Waals surface area contributed by atoms with Crippen LogP contribution in [0.15, 0.2) is 220 Å². The van der Waals surface area contributed by atoms with E-state index < -0.39 is 61.5 Å². The van der Waals surface area contributed by atoms with E-state index in [2.05, 4.69) is 129 Å². The summed E-state index contributed by atoms with van der Waals surface area (Å²) in [5.74, 6) is 6.24. The van der Waals surface area contributed by atoms with Gasteiger partial charge in [0.15, 0.2) is 0 Å². The number of rotatable bonds is 36. The van der Waals surface area contributed by atoms with Gasteiger partial charge >= 0.3 is 5.69 Å². The zero-order valence-corrected chi connectivity index (χ0v) is 82.2. The lowest BCUT2D eigenvalue weighted by molar-refractivity contribution is -0.387. The fraction of sp³-hybridized carbons (Fsp3) is 0.340. The molecule has 0 radical (unpaired) electrons. The van der Waals surface area contributed by atoms with Gasteiger partial charge in [-0.3, -0.25) is 29.8 Å². The molecule has 8 aromatic carbocycles. The van der Waals surface area contributed by atoms with Gasteiger partial charge in [0, 0.05) is 252 Å². The largest absolute Gasteiger partial charge is 0.496 e. The van der Waals surface area contributed by atoms with Crippen molar-refractivity contribution < 1.29 is 63.3 Å². The number of halogens is 2. The highest BCUT2D eigenvalue weighted by Gasteiger charge is 2.30. The summed E-state index contributed by atoms with van der Waals surface area (Å²) in [6.45, 7) is 0.723. The van der Waals surface area contributed by atoms with Gasteiger partial charge in [-0.2, -0.15) is 4.39 Å². The quantitative estimate of drug-likeness (QED) is 0.0108. The number of nitrogens with zero attached hydrogens (tertiary/aromatic N) is 21. The number of para-hydroxylation sites is 4. The average Bonchev–Trinajstić information content (AvgIpc) is 1.62. The van der Waals surface area contributed by atoms with Gasteiger partial charge in [0.2, 0.25) is 17.0 Å². The van der Waals surface area contributed by atoms with Crippen LogP contribution in [-0.2, 0) is 61.0 Å². The highest BCUT2D eigenvalue weighted by atomic mass is 35.5. The summed E-state index contributed by atoms with van der Waals surface area (Å²) in [5, 5.41) is 28.1. The van der Waals surface area contributed by atoms with Crippen molar-refractivity contribution >= 4 is 109 Å². The standard InChI is InChI=1S/C28H34N6O2.C25H30N6O3.C25H32N6O.C20H17FN4O3.C5H14N2.C3H3ClO/c1-6-28(35)30-22-17-21(25(36-5)19-24(22)33(4)16-15-32(2)3)18-26-29-13-11-27(31-26)34-14-12-20-9-7-8-10-23(20)34;1-28(2)13-14-29(3)21-17-23(34-4)19(15-22(21)31(32)33)16-24-26-11-9-25(27-24)30-12-10-18-7-5-6-8-20(18)30;1-29(2)13-14-30(3)22-17-23(32-4)19(15-20(22)26)16-24-27-11-9-25(28-24)31-12-10-18-7-5-6-8-21(18)31;1-28-18-12-15(21)17(25(26)27)10-14(18)11-19-22-8-6-20(23-19)24-9-7-13-4-2-3-5-16(13)24;1-6-4-5-7(2)3;1-2-3(4)5/h6-11,13,17,19H,1,12,14-16,18H2,2-5H3,(H,30,35);5-9,11,15,17H,10,12-14,16H2,1-4H3;5-9,11,15,17H,10,12-14,16,26H2,1-4H3;2-6,8,10,12H,7,9,11H2,1H3;6H,4-5H2,1-3H3;2H,1H2/i2D3;2*1D3;;2D3,3D3;. The van der Waals surface area contributed by atoms with Crippen LogP contribution in [0.5, 0.6) is 23.0 Å². The van der Waals surface area contributed by atoms with Crippen molar-refractivity contribution in [2.24, 2.45) is 0 Å². The van der Waals surface area contributed by atoms with E-state index in [9.17, 15) is 34.2 Å². The topological polar surface area (TPSA) is 346 Å². The number of nitrogens with two attached hydrogens (primary N) is 1. The Hall–Kier alpha value is -14.9. The number of allylic oxidation sites excluding steroid dienone is 1. The molecule has 0 aliphatic carbocycles. The van der Waals surface area contributed by atoms with Crippen LogP contribution in [0.1, 0.15) is 88.4 Å². The summed E-state index contributed by atoms with van der Waals surface area (Å²) in [5.41, 5.74) is 21.1. The smallest absolute Gasteiger partial charge is 0.305 e. The lowest BCUT2D eigenvalue weighted by atomic mass is 10.1. The third-order valence-corrected chi connectivity index (χ3v) is 23.7. The van der Waals surface area contributed by atoms with E-state index in [-0.39, 0.29) is 49.8 Å². The number of anilines is 13. The highest BCUT2D eigenvalue weighted by molar-refractivity contribution is 6.66. The number of benzene rings is 8. The molecule has 142 heavy (non-hydrogen) atoms. The normalized spacial score (nSPS) is 14.3. The molecule has 8 heterocycles. The van der Waals surface area contributed by atoms with Crippen molar-refractivity contribution in [3.8, 4) is 23.0 Å². The molecule has 4 aliphatic rings. The molecule has 1 amide bonds. The summed E-state index contributed by atoms with van der Waals surface area (Å²) in [7, 11) is 17.8. The minimum absolute atomic E-state index is 0.0243. The monoisotopic (exact) mass is 1970 g/mol. The van der Waals surface area contributed by atoms with Crippen LogP contribution < -0.4 is 69.6 Å². The number of carbonyl (C=O) groups is 2. The van der Waals surface area contributed by atoms with E-state index in [1.54, 1.807) is 78.2 Å². The summed E-state index contributed by atoms with van der Waals surface area (Å²) < 4.78 is 146. The van der Waals surface area contributed by atoms with E-state index >= 15 is 0 Å². The number of amides is 1. The van der Waals surface area contributed by atoms with Gasteiger partial charge in [0.1, 0.15) is 75.3 Å². The minimum atomic E-state index is -2.57. The SMILES string of the molecule is C=CC(=O)Cl.COc1cc(F)c([N+](=O)[O-])cc1Cc1nccc(N2CCc3ccccc32)n1.[2H]C([2H])([2H])N(C)CCN(C)c1cc(OC)c(Cc2nccc(N3CCc4ccccc43)n2)cc1N.[2H]C([2H])([2H])N(C)CCN(C)c1cc(OC)c(Cc2nccc(N3CCc4ccccc43)n2)cc1NC(=O)C=C.[2H]C([2H])([2H])N(C)CCN(C)c1cc(OC)c(Cc2nccc(N3CCc4ccccc43)n2)cc1[N+](=O)[O-].[2H]C([2H])([2H])N(CCNC)C([2H])([2H])[2H]. The van der Waals surface area contributed by atoms with E-state index in [0.717, 1.165) is 121 Å². The number of fused-ring (bicyclic) bond motifs is 4. The molecule has 0 unspecified atom stereocenters. The van der Waals surface area contributed by atoms with Crippen molar-refractivity contribution in [1.82, 2.24) is 64.8 Å². The van der Waals surface area contributed by atoms with E-state index in [1.807, 2.05) is 109 Å². The average molecular weight is 1970 g/mol. The second-order valence-corrected chi connectivity index (χ2v) is 33.7. The maximum Gasteiger partial charge on any atom is 0.305 e. The van der Waals surface area contributed by atoms with Crippen LogP contribution in [0.25, 0.3) is 0 Å². The predicted octanol–water partition coefficient (Wildman–Crippen LogP) is 15.4. The first-order chi connectivity index (χ1) is 74.4. The molecule has 12 aromatic rings. The molecule has 0 spiro atoms. The number of methoxy groups -OCH3 is 4. The molecule has 748 valence electrons. The number of carbonyl (C=O) groups excluding carboxylic acids is 2. The molecule has 0 bridgehead atoms. The fourth-order valence-corrected chi connectivity index (χ4v) is 16.2. The van der Waals surface area contributed by atoms with Crippen LogP contribution in [0.3, 0.4) is 0 Å². The number of nitrogens with one attached hydrogen (secondary N) is 2. The van der Waals surface area contributed by atoms with E-state index in [4.69, 9.17) is 71.8 Å². The molecule has 4 N–H and O–H groups in total. The Morgan fingerprint density at radius 1 is 0.451 bits per heavy atom. The first kappa shape index (κ1) is 87.4. The number of likely N-dealkylation sites (N-methyl/N-ethyl adjacent to an activating group) is 8. The number of ether oxygens (including phenoxy) is 4. The molecule has 0 atom stereocenters. The maximum atomic E-state index is 13.9. The van der Waals surface area contributed by atoms with Crippen molar-refractivity contribution in [1.29, 1.82) is 0 Å². The molecule has 16 rings (SSSR count). The molecular formula is C106H130ClFN24O10. The lowest BCUT2D eigenvalue weighted by Gasteiger charge is -2.26. The Morgan fingerprint density at radius 3 is 1.11 bits per heavy atom. The van der Waals surface area contributed by atoms with Gasteiger partial charge in [-0.25, -0.2) is 39.9 Å². The Bertz CT molecular complexity index is 6940. The fourth-order valence-electron chi connectivity index (χ4n) is 16.2. The minimum Gasteiger partial charge on any atom is -0.496 e. The molecule has 0 saturated heterocycles. The van der Waals surface area contributed by atoms with Crippen LogP contribution in [0.4, 0.5) is 90.2 Å². The maximum absolute atomic E-state index is 13.9. The summed E-state index contributed by atoms with van der Waals surface area (Å²) in [4.78, 5) is 98.9. The molecule has 4 aliphatic heterocycles. The first-order valence-corrected chi connectivity index (χ1v) is 45.9. The first-order valence-electron chi connectivity index (χ1n) is 53.1. The Labute approximate surface area is 857 Å². The third kappa shape index (κ3) is 29.4. The Morgan fingerprint density at radius 2 is 0.768 bits per heavy atom. The molecular weight excluding hydrogens is 1820 g/mol. The van der Waals surface area contributed by atoms with Gasteiger partial charge in [0.05, 0.1) is 61.0 Å². The Balaban J connectivity index is 0.000000188. The van der Waals surface area contributed by atoms with Gasteiger partial charge in [0.25, 0.3) is 5.69 Å². The van der Waals surface area contributed by atoms with Crippen LogP contribution in [0.2, 0.25) is 0 Å². The van der Waals surface area contributed by atoms with Gasteiger partial charge in [-0.15, -0.1) is 0 Å². The summed E-state index contributed by atoms with van der Waals surface area (Å²) in [6.07, 6.45) is 14.3. The van der Waals surface area contributed by atoms with Gasteiger partial charge in [-0.1, -0.05) is 86.0 Å². The van der Waals surface area contributed by atoms with Crippen molar-refractivity contribution in [3.05, 3.63) is 314 Å². The summed E-state index contributed by atoms with van der Waals surface area (Å²) in [6, 6.07) is 53.4. The second-order valence-electron chi connectivity index (χ2n) is 33.3. The van der Waals surface area contributed by atoms with E-state index in [0.29, 0.717) is 125 Å². The van der Waals surface area contributed by atoms with Crippen molar-refractivity contribution in [2.45, 2.75) is 51.4 Å². The zero-order valence-electron chi connectivity index (χ0n) is 96.5. The predicted molar refractivity (Wildman–Crippen MR) is 565 cm³/mol.